The van der Waals surface area contributed by atoms with Gasteiger partial charge in [0.2, 0.25) is 0 Å². The van der Waals surface area contributed by atoms with Gasteiger partial charge in [0.1, 0.15) is 0 Å². The molecular weight excluding hydrogens is 438 g/mol. The van der Waals surface area contributed by atoms with E-state index in [4.69, 9.17) is 17.4 Å². The molecule has 0 amide bonds. The summed E-state index contributed by atoms with van der Waals surface area (Å²) in [5.41, 5.74) is 6.05. The van der Waals surface area contributed by atoms with Crippen molar-refractivity contribution in [3.8, 4) is 0 Å². The fourth-order valence-corrected chi connectivity index (χ4v) is 3.07. The lowest BCUT2D eigenvalue weighted by atomic mass is 9.98. The molecule has 0 aliphatic carbocycles. The Balaban J connectivity index is 2.49. The SMILES string of the molecule is Cc1ccc(C(NN)c2cc(I)ccc2Br)cc1Cl. The molecule has 3 N–H and O–H groups in total. The van der Waals surface area contributed by atoms with E-state index in [1.807, 2.05) is 37.3 Å². The highest BCUT2D eigenvalue weighted by molar-refractivity contribution is 14.1. The first kappa shape index (κ1) is 15.3. The molecule has 1 atom stereocenters. The van der Waals surface area contributed by atoms with Crippen molar-refractivity contribution in [1.82, 2.24) is 5.43 Å². The molecule has 2 aromatic rings. The van der Waals surface area contributed by atoms with Gasteiger partial charge in [-0.3, -0.25) is 5.84 Å². The average Bonchev–Trinajstić information content (AvgIpc) is 2.38. The topological polar surface area (TPSA) is 38.0 Å². The van der Waals surface area contributed by atoms with Crippen LogP contribution in [0.5, 0.6) is 0 Å². The van der Waals surface area contributed by atoms with E-state index in [1.54, 1.807) is 0 Å². The largest absolute Gasteiger partial charge is 0.271 e. The molecule has 2 nitrogen and oxygen atoms in total. The zero-order valence-electron chi connectivity index (χ0n) is 10.3. The predicted molar refractivity (Wildman–Crippen MR) is 92.2 cm³/mol. The molecule has 100 valence electrons. The predicted octanol–water partition coefficient (Wildman–Crippen LogP) is 4.57. The molecule has 0 saturated carbocycles. The fraction of sp³-hybridized carbons (Fsp3) is 0.143. The fourth-order valence-electron chi connectivity index (χ4n) is 1.89. The lowest BCUT2D eigenvalue weighted by molar-refractivity contribution is 0.634. The quantitative estimate of drug-likeness (QED) is 0.408. The number of hydrazine groups is 1. The minimum absolute atomic E-state index is 0.0952. The Morgan fingerprint density at radius 1 is 1.26 bits per heavy atom. The van der Waals surface area contributed by atoms with Gasteiger partial charge in [-0.2, -0.15) is 0 Å². The van der Waals surface area contributed by atoms with Crippen molar-refractivity contribution in [2.75, 3.05) is 0 Å². The second kappa shape index (κ2) is 6.54. The molecule has 0 radical (unpaired) electrons. The zero-order chi connectivity index (χ0) is 14.0. The number of nitrogens with two attached hydrogens (primary N) is 1. The second-order valence-corrected chi connectivity index (χ2v) is 6.78. The first-order chi connectivity index (χ1) is 9.02. The molecule has 0 aromatic heterocycles. The summed E-state index contributed by atoms with van der Waals surface area (Å²) in [4.78, 5) is 0. The molecule has 0 bridgehead atoms. The van der Waals surface area contributed by atoms with E-state index in [1.165, 1.54) is 0 Å². The number of nitrogens with one attached hydrogen (secondary N) is 1. The van der Waals surface area contributed by atoms with E-state index in [9.17, 15) is 0 Å². The van der Waals surface area contributed by atoms with E-state index in [0.717, 1.165) is 29.8 Å². The third-order valence-electron chi connectivity index (χ3n) is 2.96. The van der Waals surface area contributed by atoms with Crippen LogP contribution in [0.2, 0.25) is 5.02 Å². The third-order valence-corrected chi connectivity index (χ3v) is 4.77. The van der Waals surface area contributed by atoms with Gasteiger partial charge in [-0.1, -0.05) is 39.7 Å². The van der Waals surface area contributed by atoms with Crippen LogP contribution in [0.3, 0.4) is 0 Å². The van der Waals surface area contributed by atoms with Crippen molar-refractivity contribution < 1.29 is 0 Å². The van der Waals surface area contributed by atoms with Gasteiger partial charge in [0.15, 0.2) is 0 Å². The molecule has 0 aliphatic heterocycles. The first-order valence-electron chi connectivity index (χ1n) is 5.70. The van der Waals surface area contributed by atoms with Crippen molar-refractivity contribution in [2.45, 2.75) is 13.0 Å². The third kappa shape index (κ3) is 3.49. The number of halogens is 3. The van der Waals surface area contributed by atoms with E-state index >= 15 is 0 Å². The summed E-state index contributed by atoms with van der Waals surface area (Å²) >= 11 is 12.0. The second-order valence-electron chi connectivity index (χ2n) is 4.27. The average molecular weight is 452 g/mol. The summed E-state index contributed by atoms with van der Waals surface area (Å²) in [6.45, 7) is 1.98. The first-order valence-corrected chi connectivity index (χ1v) is 7.95. The van der Waals surface area contributed by atoms with Crippen LogP contribution in [0.25, 0.3) is 0 Å². The standard InChI is InChI=1S/C14H13BrClIN2/c1-8-2-3-9(6-13(8)16)14(19-18)11-7-10(17)4-5-12(11)15/h2-7,14,19H,18H2,1H3. The smallest absolute Gasteiger partial charge is 0.0721 e. The Labute approximate surface area is 140 Å². The Kier molecular flexibility index (Phi) is 5.25. The van der Waals surface area contributed by atoms with Crippen LogP contribution in [0.1, 0.15) is 22.7 Å². The number of aryl methyl sites for hydroxylation is 1. The highest BCUT2D eigenvalue weighted by Gasteiger charge is 2.16. The van der Waals surface area contributed by atoms with Gasteiger partial charge < -0.3 is 0 Å². The van der Waals surface area contributed by atoms with Crippen LogP contribution in [0, 0.1) is 10.5 Å². The maximum Gasteiger partial charge on any atom is 0.0721 e. The summed E-state index contributed by atoms with van der Waals surface area (Å²) in [6, 6.07) is 12.1. The van der Waals surface area contributed by atoms with Crippen LogP contribution in [0.4, 0.5) is 0 Å². The number of rotatable bonds is 3. The maximum absolute atomic E-state index is 6.19. The zero-order valence-corrected chi connectivity index (χ0v) is 14.8. The van der Waals surface area contributed by atoms with Crippen molar-refractivity contribution in [3.63, 3.8) is 0 Å². The number of hydrogen-bond donors (Lipinski definition) is 2. The molecule has 1 unspecified atom stereocenters. The monoisotopic (exact) mass is 450 g/mol. The van der Waals surface area contributed by atoms with Crippen LogP contribution < -0.4 is 11.3 Å². The summed E-state index contributed by atoms with van der Waals surface area (Å²) < 4.78 is 2.18. The summed E-state index contributed by atoms with van der Waals surface area (Å²) in [6.07, 6.45) is 0. The van der Waals surface area contributed by atoms with Crippen molar-refractivity contribution in [3.05, 3.63) is 66.2 Å². The van der Waals surface area contributed by atoms with Crippen LogP contribution in [-0.4, -0.2) is 0 Å². The Morgan fingerprint density at radius 2 is 2.00 bits per heavy atom. The van der Waals surface area contributed by atoms with Crippen LogP contribution in [-0.2, 0) is 0 Å². The van der Waals surface area contributed by atoms with Gasteiger partial charge in [0.25, 0.3) is 0 Å². The van der Waals surface area contributed by atoms with Gasteiger partial charge in [-0.25, -0.2) is 5.43 Å². The van der Waals surface area contributed by atoms with Gasteiger partial charge >= 0.3 is 0 Å². The molecular formula is C14H13BrClIN2. The molecule has 2 aromatic carbocycles. The van der Waals surface area contributed by atoms with Gasteiger partial charge in [0, 0.05) is 13.1 Å². The molecule has 0 spiro atoms. The van der Waals surface area contributed by atoms with E-state index in [-0.39, 0.29) is 6.04 Å². The molecule has 0 saturated heterocycles. The Hall–Kier alpha value is -0.140. The van der Waals surface area contributed by atoms with Gasteiger partial charge in [-0.05, 0) is 70.5 Å². The van der Waals surface area contributed by atoms with Crippen LogP contribution in [0.15, 0.2) is 40.9 Å². The minimum atomic E-state index is -0.0952. The van der Waals surface area contributed by atoms with Crippen molar-refractivity contribution in [1.29, 1.82) is 0 Å². The summed E-state index contributed by atoms with van der Waals surface area (Å²) in [5.74, 6) is 5.73. The van der Waals surface area contributed by atoms with Gasteiger partial charge in [0.05, 0.1) is 6.04 Å². The summed E-state index contributed by atoms with van der Waals surface area (Å²) in [7, 11) is 0. The number of hydrogen-bond acceptors (Lipinski definition) is 2. The Morgan fingerprint density at radius 3 is 2.63 bits per heavy atom. The molecule has 5 heteroatoms. The van der Waals surface area contributed by atoms with Crippen molar-refractivity contribution >= 4 is 50.1 Å². The molecule has 0 aliphatic rings. The highest BCUT2D eigenvalue weighted by atomic mass is 127. The van der Waals surface area contributed by atoms with Crippen molar-refractivity contribution in [2.24, 2.45) is 5.84 Å². The van der Waals surface area contributed by atoms with E-state index in [2.05, 4.69) is 50.0 Å². The molecule has 19 heavy (non-hydrogen) atoms. The lowest BCUT2D eigenvalue weighted by Gasteiger charge is -2.19. The lowest BCUT2D eigenvalue weighted by Crippen LogP contribution is -2.29. The molecule has 2 rings (SSSR count). The number of benzene rings is 2. The summed E-state index contributed by atoms with van der Waals surface area (Å²) in [5, 5.41) is 0.750. The normalized spacial score (nSPS) is 12.5. The molecule has 0 heterocycles. The van der Waals surface area contributed by atoms with Crippen LogP contribution >= 0.6 is 50.1 Å². The molecule has 0 fully saturated rings. The van der Waals surface area contributed by atoms with E-state index in [0.29, 0.717) is 0 Å². The minimum Gasteiger partial charge on any atom is -0.271 e. The maximum atomic E-state index is 6.19. The highest BCUT2D eigenvalue weighted by Crippen LogP contribution is 2.31. The van der Waals surface area contributed by atoms with Gasteiger partial charge in [-0.15, -0.1) is 0 Å². The Bertz CT molecular complexity index is 604. The van der Waals surface area contributed by atoms with E-state index < -0.39 is 0 Å².